The molecule has 2 amide bonds. The molecule has 1 aromatic carbocycles. The maximum atomic E-state index is 13.9. The molecule has 3 aliphatic rings. The second-order valence-corrected chi connectivity index (χ2v) is 9.48. The number of rotatable bonds is 6. The van der Waals surface area contributed by atoms with Crippen LogP contribution in [0.3, 0.4) is 0 Å². The number of ether oxygens (including phenoxy) is 2. The highest BCUT2D eigenvalue weighted by molar-refractivity contribution is 5.91. The molecule has 1 saturated carbocycles. The molecule has 2 unspecified atom stereocenters. The summed E-state index contributed by atoms with van der Waals surface area (Å²) in [5.74, 6) is -0.161. The maximum Gasteiger partial charge on any atom is 0.257 e. The predicted molar refractivity (Wildman–Crippen MR) is 122 cm³/mol. The zero-order chi connectivity index (χ0) is 22.9. The number of methoxy groups -OCH3 is 1. The largest absolute Gasteiger partial charge is 0.378 e. The molecule has 174 valence electrons. The van der Waals surface area contributed by atoms with Crippen molar-refractivity contribution < 1.29 is 19.1 Å². The third kappa shape index (κ3) is 4.04. The van der Waals surface area contributed by atoms with E-state index in [0.29, 0.717) is 32.7 Å². The van der Waals surface area contributed by atoms with E-state index < -0.39 is 5.60 Å². The number of pyridine rings is 1. The van der Waals surface area contributed by atoms with Gasteiger partial charge < -0.3 is 19.3 Å². The van der Waals surface area contributed by atoms with Gasteiger partial charge in [-0.3, -0.25) is 14.6 Å². The Hall–Kier alpha value is -2.77. The Kier molecular flexibility index (Phi) is 5.93. The molecule has 2 atom stereocenters. The lowest BCUT2D eigenvalue weighted by atomic mass is 9.77. The number of carbonyl (C=O) groups is 2. The lowest BCUT2D eigenvalue weighted by Crippen LogP contribution is -2.60. The fraction of sp³-hybridized carbons (Fsp3) is 0.500. The van der Waals surface area contributed by atoms with Gasteiger partial charge in [-0.25, -0.2) is 0 Å². The van der Waals surface area contributed by atoms with Crippen LogP contribution in [0.1, 0.15) is 42.7 Å². The molecule has 7 nitrogen and oxygen atoms in total. The molecule has 1 spiro atoms. The normalized spacial score (nSPS) is 26.5. The number of likely N-dealkylation sites (tertiary alicyclic amines) is 1. The number of amides is 2. The number of nitrogens with zero attached hydrogens (tertiary/aromatic N) is 3. The molecule has 0 radical (unpaired) electrons. The Labute approximate surface area is 194 Å². The fourth-order valence-corrected chi connectivity index (χ4v) is 5.49. The Morgan fingerprint density at radius 2 is 2.03 bits per heavy atom. The van der Waals surface area contributed by atoms with Crippen LogP contribution in [0.5, 0.6) is 0 Å². The molecular weight excluding hydrogens is 418 g/mol. The van der Waals surface area contributed by atoms with E-state index in [9.17, 15) is 9.59 Å². The van der Waals surface area contributed by atoms with E-state index in [1.165, 1.54) is 0 Å². The van der Waals surface area contributed by atoms with Gasteiger partial charge in [0, 0.05) is 45.1 Å². The number of benzene rings is 1. The molecule has 1 aromatic heterocycles. The summed E-state index contributed by atoms with van der Waals surface area (Å²) in [5, 5.41) is 0. The van der Waals surface area contributed by atoms with Crippen molar-refractivity contribution in [2.75, 3.05) is 33.4 Å². The van der Waals surface area contributed by atoms with Crippen LogP contribution < -0.4 is 0 Å². The topological polar surface area (TPSA) is 72.0 Å². The van der Waals surface area contributed by atoms with Crippen LogP contribution in [0.25, 0.3) is 0 Å². The quantitative estimate of drug-likeness (QED) is 0.678. The van der Waals surface area contributed by atoms with Crippen LogP contribution in [0.4, 0.5) is 0 Å². The summed E-state index contributed by atoms with van der Waals surface area (Å²) in [6.45, 7) is 2.14. The molecular formula is C26H31N3O4. The smallest absolute Gasteiger partial charge is 0.257 e. The first-order valence-corrected chi connectivity index (χ1v) is 11.8. The highest BCUT2D eigenvalue weighted by Crippen LogP contribution is 2.43. The molecule has 33 heavy (non-hydrogen) atoms. The number of carbonyl (C=O) groups excluding carboxylic acids is 2. The van der Waals surface area contributed by atoms with Crippen LogP contribution in [0.15, 0.2) is 54.9 Å². The molecule has 1 aliphatic carbocycles. The maximum absolute atomic E-state index is 13.9. The van der Waals surface area contributed by atoms with Gasteiger partial charge in [0.2, 0.25) is 5.91 Å². The standard InChI is InChI=1S/C26H31N3O4/c1-32-25(10-6-11-25)15-23(30)28-13-14-33-26(19-28)22(21-8-3-2-4-9-21)18-29(24(26)31)17-20-7-5-12-27-16-20/h2-5,7-9,12,16,22H,6,10-11,13-15,17-19H2,1H3. The van der Waals surface area contributed by atoms with Crippen LogP contribution in [0, 0.1) is 0 Å². The van der Waals surface area contributed by atoms with Crippen molar-refractivity contribution in [3.63, 3.8) is 0 Å². The zero-order valence-corrected chi connectivity index (χ0v) is 19.1. The third-order valence-electron chi connectivity index (χ3n) is 7.58. The van der Waals surface area contributed by atoms with E-state index in [4.69, 9.17) is 9.47 Å². The monoisotopic (exact) mass is 449 g/mol. The van der Waals surface area contributed by atoms with Crippen molar-refractivity contribution in [2.24, 2.45) is 0 Å². The summed E-state index contributed by atoms with van der Waals surface area (Å²) in [6.07, 6.45) is 6.79. The Morgan fingerprint density at radius 1 is 1.21 bits per heavy atom. The lowest BCUT2D eigenvalue weighted by molar-refractivity contribution is -0.171. The number of aromatic nitrogens is 1. The highest BCUT2D eigenvalue weighted by Gasteiger charge is 2.58. The van der Waals surface area contributed by atoms with Crippen LogP contribution in [-0.2, 0) is 25.6 Å². The van der Waals surface area contributed by atoms with Crippen LogP contribution >= 0.6 is 0 Å². The van der Waals surface area contributed by atoms with E-state index in [-0.39, 0.29) is 29.9 Å². The van der Waals surface area contributed by atoms with Gasteiger partial charge in [0.25, 0.3) is 5.91 Å². The van der Waals surface area contributed by atoms with Crippen LogP contribution in [-0.4, -0.2) is 71.2 Å². The molecule has 7 heteroatoms. The van der Waals surface area contributed by atoms with Crippen molar-refractivity contribution in [1.82, 2.24) is 14.8 Å². The second-order valence-electron chi connectivity index (χ2n) is 9.48. The average molecular weight is 450 g/mol. The zero-order valence-electron chi connectivity index (χ0n) is 19.1. The molecule has 0 N–H and O–H groups in total. The molecule has 2 aliphatic heterocycles. The van der Waals surface area contributed by atoms with Crippen molar-refractivity contribution in [3.8, 4) is 0 Å². The minimum absolute atomic E-state index is 0.0459. The summed E-state index contributed by atoms with van der Waals surface area (Å²) in [7, 11) is 1.69. The van der Waals surface area contributed by atoms with Gasteiger partial charge in [-0.2, -0.15) is 0 Å². The van der Waals surface area contributed by atoms with Crippen molar-refractivity contribution >= 4 is 11.8 Å². The van der Waals surface area contributed by atoms with Gasteiger partial charge in [-0.05, 0) is 36.5 Å². The first-order chi connectivity index (χ1) is 16.1. The molecule has 3 fully saturated rings. The summed E-state index contributed by atoms with van der Waals surface area (Å²) in [6, 6.07) is 13.9. The first-order valence-electron chi connectivity index (χ1n) is 11.8. The number of hydrogen-bond donors (Lipinski definition) is 0. The van der Waals surface area contributed by atoms with E-state index >= 15 is 0 Å². The summed E-state index contributed by atoms with van der Waals surface area (Å²) in [4.78, 5) is 35.0. The average Bonchev–Trinajstić information content (AvgIpc) is 3.08. The Balaban J connectivity index is 1.42. The molecule has 0 bridgehead atoms. The first kappa shape index (κ1) is 22.0. The van der Waals surface area contributed by atoms with Gasteiger partial charge in [-0.1, -0.05) is 36.4 Å². The summed E-state index contributed by atoms with van der Waals surface area (Å²) in [5.41, 5.74) is 0.622. The SMILES string of the molecule is COC1(CC(=O)N2CCOC3(C2)C(=O)N(Cc2cccnc2)CC3c2ccccc2)CCC1. The van der Waals surface area contributed by atoms with Gasteiger partial charge in [0.15, 0.2) is 5.60 Å². The minimum Gasteiger partial charge on any atom is -0.378 e. The van der Waals surface area contributed by atoms with Gasteiger partial charge in [-0.15, -0.1) is 0 Å². The van der Waals surface area contributed by atoms with Crippen molar-refractivity contribution in [2.45, 2.75) is 49.3 Å². The Bertz CT molecular complexity index is 990. The van der Waals surface area contributed by atoms with E-state index in [0.717, 1.165) is 30.4 Å². The van der Waals surface area contributed by atoms with Crippen LogP contribution in [0.2, 0.25) is 0 Å². The van der Waals surface area contributed by atoms with Gasteiger partial charge in [0.05, 0.1) is 25.2 Å². The fourth-order valence-electron chi connectivity index (χ4n) is 5.49. The van der Waals surface area contributed by atoms with Gasteiger partial charge >= 0.3 is 0 Å². The third-order valence-corrected chi connectivity index (χ3v) is 7.58. The number of hydrogen-bond acceptors (Lipinski definition) is 5. The molecule has 2 aromatic rings. The van der Waals surface area contributed by atoms with Crippen molar-refractivity contribution in [3.05, 3.63) is 66.0 Å². The Morgan fingerprint density at radius 3 is 2.70 bits per heavy atom. The predicted octanol–water partition coefficient (Wildman–Crippen LogP) is 2.76. The molecule has 5 rings (SSSR count). The van der Waals surface area contributed by atoms with E-state index in [1.807, 2.05) is 52.3 Å². The highest BCUT2D eigenvalue weighted by atomic mass is 16.5. The van der Waals surface area contributed by atoms with E-state index in [2.05, 4.69) is 4.98 Å². The molecule has 2 saturated heterocycles. The summed E-state index contributed by atoms with van der Waals surface area (Å²) < 4.78 is 12.0. The van der Waals surface area contributed by atoms with E-state index in [1.54, 1.807) is 19.5 Å². The number of morpholine rings is 1. The summed E-state index contributed by atoms with van der Waals surface area (Å²) >= 11 is 0. The van der Waals surface area contributed by atoms with Gasteiger partial charge in [0.1, 0.15) is 0 Å². The van der Waals surface area contributed by atoms with Crippen molar-refractivity contribution in [1.29, 1.82) is 0 Å². The second kappa shape index (κ2) is 8.88. The lowest BCUT2D eigenvalue weighted by Gasteiger charge is -2.45. The minimum atomic E-state index is -1.07. The molecule has 3 heterocycles.